The molecule has 0 bridgehead atoms. The highest BCUT2D eigenvalue weighted by Gasteiger charge is 2.20. The van der Waals surface area contributed by atoms with E-state index in [9.17, 15) is 0 Å². The van der Waals surface area contributed by atoms with E-state index >= 15 is 0 Å². The number of hydrogen-bond acceptors (Lipinski definition) is 0. The second kappa shape index (κ2) is 5.56. The van der Waals surface area contributed by atoms with E-state index in [0.717, 1.165) is 5.92 Å². The van der Waals surface area contributed by atoms with Crippen LogP contribution in [0.5, 0.6) is 0 Å². The quantitative estimate of drug-likeness (QED) is 0.664. The molecule has 1 heteroatoms. The second-order valence-corrected chi connectivity index (χ2v) is 6.73. The first-order valence-corrected chi connectivity index (χ1v) is 7.77. The monoisotopic (exact) mass is 294 g/mol. The molecule has 1 aromatic carbocycles. The lowest BCUT2D eigenvalue weighted by Gasteiger charge is -2.24. The van der Waals surface area contributed by atoms with E-state index < -0.39 is 0 Å². The van der Waals surface area contributed by atoms with Crippen LogP contribution in [0, 0.1) is 11.8 Å². The van der Waals surface area contributed by atoms with Crippen molar-refractivity contribution in [2.24, 2.45) is 11.8 Å². The summed E-state index contributed by atoms with van der Waals surface area (Å²) in [5, 5.41) is 0. The summed E-state index contributed by atoms with van der Waals surface area (Å²) in [5.74, 6) is 1.40. The fourth-order valence-electron chi connectivity index (χ4n) is 2.57. The SMILES string of the molecule is CC(C)C(C)C(Br)c1ccc2c(c1)CCCC2. The lowest BCUT2D eigenvalue weighted by Crippen LogP contribution is -2.11. The number of alkyl halides is 1. The van der Waals surface area contributed by atoms with Crippen molar-refractivity contribution in [3.05, 3.63) is 34.9 Å². The van der Waals surface area contributed by atoms with Gasteiger partial charge >= 0.3 is 0 Å². The largest absolute Gasteiger partial charge is 0.0836 e. The molecule has 2 unspecified atom stereocenters. The van der Waals surface area contributed by atoms with Gasteiger partial charge in [-0.1, -0.05) is 54.9 Å². The van der Waals surface area contributed by atoms with Gasteiger partial charge in [0.15, 0.2) is 0 Å². The van der Waals surface area contributed by atoms with Crippen LogP contribution < -0.4 is 0 Å². The second-order valence-electron chi connectivity index (χ2n) is 5.74. The van der Waals surface area contributed by atoms with Gasteiger partial charge in [-0.05, 0) is 54.2 Å². The first-order valence-electron chi connectivity index (χ1n) is 6.85. The molecular weight excluding hydrogens is 272 g/mol. The predicted molar refractivity (Wildman–Crippen MR) is 78.8 cm³/mol. The van der Waals surface area contributed by atoms with Crippen LogP contribution in [-0.2, 0) is 12.8 Å². The Balaban J connectivity index is 2.21. The first kappa shape index (κ1) is 13.1. The van der Waals surface area contributed by atoms with E-state index in [1.54, 1.807) is 11.1 Å². The van der Waals surface area contributed by atoms with Gasteiger partial charge in [-0.3, -0.25) is 0 Å². The van der Waals surface area contributed by atoms with E-state index in [-0.39, 0.29) is 0 Å². The highest BCUT2D eigenvalue weighted by Crippen LogP contribution is 2.36. The summed E-state index contributed by atoms with van der Waals surface area (Å²) >= 11 is 3.88. The zero-order valence-corrected chi connectivity index (χ0v) is 12.8. The van der Waals surface area contributed by atoms with Gasteiger partial charge < -0.3 is 0 Å². The summed E-state index contributed by atoms with van der Waals surface area (Å²) in [5.41, 5.74) is 4.64. The molecule has 0 N–H and O–H groups in total. The number of halogens is 1. The van der Waals surface area contributed by atoms with Gasteiger partial charge in [0.1, 0.15) is 0 Å². The zero-order valence-electron chi connectivity index (χ0n) is 11.2. The average Bonchev–Trinajstić information content (AvgIpc) is 2.36. The molecule has 0 radical (unpaired) electrons. The minimum atomic E-state index is 0.495. The van der Waals surface area contributed by atoms with E-state index in [1.807, 2.05) is 0 Å². The van der Waals surface area contributed by atoms with Crippen LogP contribution >= 0.6 is 15.9 Å². The maximum absolute atomic E-state index is 3.88. The van der Waals surface area contributed by atoms with Crippen molar-refractivity contribution < 1.29 is 0 Å². The van der Waals surface area contributed by atoms with Crippen molar-refractivity contribution in [1.82, 2.24) is 0 Å². The number of benzene rings is 1. The predicted octanol–water partition coefficient (Wildman–Crippen LogP) is 5.29. The molecule has 17 heavy (non-hydrogen) atoms. The maximum atomic E-state index is 3.88. The van der Waals surface area contributed by atoms with Crippen molar-refractivity contribution in [2.75, 3.05) is 0 Å². The highest BCUT2D eigenvalue weighted by atomic mass is 79.9. The zero-order chi connectivity index (χ0) is 12.4. The van der Waals surface area contributed by atoms with Crippen LogP contribution in [0.3, 0.4) is 0 Å². The van der Waals surface area contributed by atoms with Crippen molar-refractivity contribution in [3.8, 4) is 0 Å². The normalized spacial score (nSPS) is 18.9. The molecule has 1 aliphatic rings. The Morgan fingerprint density at radius 1 is 1.00 bits per heavy atom. The molecule has 0 aliphatic heterocycles. The van der Waals surface area contributed by atoms with E-state index in [0.29, 0.717) is 10.7 Å². The van der Waals surface area contributed by atoms with Crippen molar-refractivity contribution in [3.63, 3.8) is 0 Å². The van der Waals surface area contributed by atoms with Crippen LogP contribution in [0.2, 0.25) is 0 Å². The van der Waals surface area contributed by atoms with E-state index in [4.69, 9.17) is 0 Å². The molecule has 0 aromatic heterocycles. The maximum Gasteiger partial charge on any atom is 0.0423 e. The van der Waals surface area contributed by atoms with Crippen molar-refractivity contribution in [1.29, 1.82) is 0 Å². The number of aryl methyl sites for hydroxylation is 2. The molecular formula is C16H23Br. The van der Waals surface area contributed by atoms with Crippen molar-refractivity contribution >= 4 is 15.9 Å². The summed E-state index contributed by atoms with van der Waals surface area (Å²) < 4.78 is 0. The molecule has 0 nitrogen and oxygen atoms in total. The Kier molecular flexibility index (Phi) is 4.30. The summed E-state index contributed by atoms with van der Waals surface area (Å²) in [7, 11) is 0. The standard InChI is InChI=1S/C16H23Br/c1-11(2)12(3)16(17)15-9-8-13-6-4-5-7-14(13)10-15/h8-12,16H,4-7H2,1-3H3. The molecule has 94 valence electrons. The lowest BCUT2D eigenvalue weighted by atomic mass is 9.86. The highest BCUT2D eigenvalue weighted by molar-refractivity contribution is 9.09. The third kappa shape index (κ3) is 2.93. The molecule has 0 fully saturated rings. The van der Waals surface area contributed by atoms with Gasteiger partial charge in [0.05, 0.1) is 0 Å². The van der Waals surface area contributed by atoms with Crippen LogP contribution in [0.15, 0.2) is 18.2 Å². The Morgan fingerprint density at radius 3 is 2.29 bits per heavy atom. The van der Waals surface area contributed by atoms with Crippen LogP contribution in [0.4, 0.5) is 0 Å². The Bertz CT molecular complexity index is 381. The molecule has 2 atom stereocenters. The fraction of sp³-hybridized carbons (Fsp3) is 0.625. The van der Waals surface area contributed by atoms with Crippen LogP contribution in [-0.4, -0.2) is 0 Å². The van der Waals surface area contributed by atoms with E-state index in [2.05, 4.69) is 54.9 Å². The van der Waals surface area contributed by atoms with Crippen LogP contribution in [0.25, 0.3) is 0 Å². The third-order valence-electron chi connectivity index (χ3n) is 4.20. The Morgan fingerprint density at radius 2 is 1.65 bits per heavy atom. The number of hydrogen-bond donors (Lipinski definition) is 0. The van der Waals surface area contributed by atoms with E-state index in [1.165, 1.54) is 31.2 Å². The van der Waals surface area contributed by atoms with Gasteiger partial charge in [0, 0.05) is 4.83 Å². The Hall–Kier alpha value is -0.300. The number of fused-ring (bicyclic) bond motifs is 1. The minimum absolute atomic E-state index is 0.495. The third-order valence-corrected chi connectivity index (χ3v) is 5.57. The molecule has 0 heterocycles. The summed E-state index contributed by atoms with van der Waals surface area (Å²) in [6.45, 7) is 6.94. The molecule has 0 saturated heterocycles. The van der Waals surface area contributed by atoms with Gasteiger partial charge in [-0.2, -0.15) is 0 Å². The summed E-state index contributed by atoms with van der Waals surface area (Å²) in [6.07, 6.45) is 5.29. The first-order chi connectivity index (χ1) is 8.09. The molecule has 0 spiro atoms. The van der Waals surface area contributed by atoms with Gasteiger partial charge in [-0.15, -0.1) is 0 Å². The molecule has 1 aromatic rings. The van der Waals surface area contributed by atoms with Gasteiger partial charge in [0.2, 0.25) is 0 Å². The molecule has 1 aliphatic carbocycles. The topological polar surface area (TPSA) is 0 Å². The number of rotatable bonds is 3. The summed E-state index contributed by atoms with van der Waals surface area (Å²) in [6, 6.07) is 7.11. The molecule has 2 rings (SSSR count). The summed E-state index contributed by atoms with van der Waals surface area (Å²) in [4.78, 5) is 0.495. The van der Waals surface area contributed by atoms with Gasteiger partial charge in [-0.25, -0.2) is 0 Å². The van der Waals surface area contributed by atoms with Crippen molar-refractivity contribution in [2.45, 2.75) is 51.3 Å². The van der Waals surface area contributed by atoms with Crippen LogP contribution in [0.1, 0.15) is 55.1 Å². The fourth-order valence-corrected chi connectivity index (χ4v) is 3.46. The lowest BCUT2D eigenvalue weighted by molar-refractivity contribution is 0.414. The smallest absolute Gasteiger partial charge is 0.0423 e. The molecule has 0 amide bonds. The average molecular weight is 295 g/mol. The van der Waals surface area contributed by atoms with Gasteiger partial charge in [0.25, 0.3) is 0 Å². The molecule has 0 saturated carbocycles. The Labute approximate surface area is 114 Å². The minimum Gasteiger partial charge on any atom is -0.0836 e.